The van der Waals surface area contributed by atoms with Gasteiger partial charge < -0.3 is 5.32 Å². The first-order valence-electron chi connectivity index (χ1n) is 12.5. The first-order chi connectivity index (χ1) is 17.7. The zero-order valence-electron chi connectivity index (χ0n) is 23.4. The number of hydrogen-bond donors (Lipinski definition) is 2. The summed E-state index contributed by atoms with van der Waals surface area (Å²) < 4.78 is 39.7. The molecular formula is C29H34ClF3N4O2. The molecule has 0 spiro atoms. The van der Waals surface area contributed by atoms with Gasteiger partial charge in [0.15, 0.2) is 5.82 Å². The van der Waals surface area contributed by atoms with Gasteiger partial charge in [0.25, 0.3) is 0 Å². The van der Waals surface area contributed by atoms with Crippen molar-refractivity contribution < 1.29 is 18.0 Å². The maximum atomic E-state index is 13.2. The Labute approximate surface area is 231 Å². The van der Waals surface area contributed by atoms with Crippen LogP contribution in [0.5, 0.6) is 0 Å². The Balaban J connectivity index is 2.04. The van der Waals surface area contributed by atoms with Crippen molar-refractivity contribution in [1.29, 1.82) is 0 Å². The van der Waals surface area contributed by atoms with E-state index in [1.807, 2.05) is 12.1 Å². The van der Waals surface area contributed by atoms with Gasteiger partial charge in [0.1, 0.15) is 11.2 Å². The number of aromatic nitrogens is 3. The van der Waals surface area contributed by atoms with Crippen LogP contribution in [0.15, 0.2) is 41.2 Å². The quantitative estimate of drug-likeness (QED) is 0.352. The third-order valence-corrected chi connectivity index (χ3v) is 6.92. The first kappa shape index (κ1) is 30.3. The van der Waals surface area contributed by atoms with Crippen molar-refractivity contribution in [3.63, 3.8) is 0 Å². The van der Waals surface area contributed by atoms with Gasteiger partial charge in [-0.2, -0.15) is 18.2 Å². The summed E-state index contributed by atoms with van der Waals surface area (Å²) in [7, 11) is 0. The molecular weight excluding hydrogens is 529 g/mol. The maximum Gasteiger partial charge on any atom is 0.402 e. The summed E-state index contributed by atoms with van der Waals surface area (Å²) in [6.45, 7) is 14.1. The number of aromatic amines is 1. The molecule has 0 aliphatic heterocycles. The Kier molecular flexibility index (Phi) is 8.10. The van der Waals surface area contributed by atoms with Crippen LogP contribution in [0.25, 0.3) is 22.8 Å². The lowest BCUT2D eigenvalue weighted by atomic mass is 9.79. The Morgan fingerprint density at radius 3 is 1.97 bits per heavy atom. The lowest BCUT2D eigenvalue weighted by molar-refractivity contribution is -0.211. The van der Waals surface area contributed by atoms with E-state index in [0.717, 1.165) is 25.0 Å². The van der Waals surface area contributed by atoms with Crippen molar-refractivity contribution in [3.8, 4) is 22.8 Å². The van der Waals surface area contributed by atoms with Crippen LogP contribution in [0.1, 0.15) is 72.1 Å². The molecule has 0 aliphatic carbocycles. The zero-order chi connectivity index (χ0) is 29.6. The second-order valence-electron chi connectivity index (χ2n) is 12.2. The minimum absolute atomic E-state index is 0.150. The first-order valence-corrected chi connectivity index (χ1v) is 12.9. The lowest BCUT2D eigenvalue weighted by Crippen LogP contribution is -2.46. The van der Waals surface area contributed by atoms with Crippen molar-refractivity contribution in [2.75, 3.05) is 0 Å². The summed E-state index contributed by atoms with van der Waals surface area (Å²) in [5.74, 6) is -0.790. The molecule has 0 saturated carbocycles. The van der Waals surface area contributed by atoms with Crippen molar-refractivity contribution >= 4 is 17.5 Å². The number of alkyl halides is 3. The van der Waals surface area contributed by atoms with E-state index in [-0.39, 0.29) is 34.0 Å². The number of nitrogens with zero attached hydrogens (tertiary/aromatic N) is 2. The molecule has 0 bridgehead atoms. The molecule has 0 radical (unpaired) electrons. The summed E-state index contributed by atoms with van der Waals surface area (Å²) in [5, 5.41) is 2.59. The average molecular weight is 563 g/mol. The summed E-state index contributed by atoms with van der Waals surface area (Å²) >= 11 is 6.43. The van der Waals surface area contributed by atoms with Crippen molar-refractivity contribution in [2.24, 2.45) is 5.41 Å². The number of hydrogen-bond acceptors (Lipinski definition) is 4. The fourth-order valence-corrected chi connectivity index (χ4v) is 3.87. The van der Waals surface area contributed by atoms with E-state index in [9.17, 15) is 22.8 Å². The maximum absolute atomic E-state index is 13.2. The Morgan fingerprint density at radius 1 is 0.897 bits per heavy atom. The molecule has 0 fully saturated rings. The van der Waals surface area contributed by atoms with Crippen molar-refractivity contribution in [1.82, 2.24) is 20.3 Å². The standard InChI is InChI=1S/C29H34ClF3N4O2/c1-26(2,3)18-12-17(13-19(14-18)27(4,5)6)22-35-23(37-25(39)36-22)20-11-16(9-10-21(20)30)15-34-24(38)28(7,8)29(31,32)33/h9-14H,15H2,1-8H3,(H,34,38)(H,35,36,37,39). The topological polar surface area (TPSA) is 87.7 Å². The zero-order valence-corrected chi connectivity index (χ0v) is 24.1. The Hall–Kier alpha value is -3.20. The van der Waals surface area contributed by atoms with Gasteiger partial charge in [-0.25, -0.2) is 9.78 Å². The van der Waals surface area contributed by atoms with E-state index in [1.54, 1.807) is 12.1 Å². The number of H-pyrrole nitrogens is 1. The van der Waals surface area contributed by atoms with E-state index in [0.29, 0.717) is 16.7 Å². The molecule has 1 amide bonds. The summed E-state index contributed by atoms with van der Waals surface area (Å²) in [6, 6.07) is 10.7. The predicted molar refractivity (Wildman–Crippen MR) is 148 cm³/mol. The molecule has 0 unspecified atom stereocenters. The normalized spacial score (nSPS) is 12.9. The number of nitrogens with one attached hydrogen (secondary N) is 2. The number of rotatable bonds is 5. The fraction of sp³-hybridized carbons (Fsp3) is 0.448. The van der Waals surface area contributed by atoms with Crippen molar-refractivity contribution in [2.45, 2.75) is 78.9 Å². The Morgan fingerprint density at radius 2 is 1.46 bits per heavy atom. The van der Waals surface area contributed by atoms with Gasteiger partial charge in [-0.3, -0.25) is 9.78 Å². The highest BCUT2D eigenvalue weighted by molar-refractivity contribution is 6.33. The molecule has 1 aromatic heterocycles. The van der Waals surface area contributed by atoms with E-state index in [1.165, 1.54) is 6.07 Å². The molecule has 1 heterocycles. The molecule has 6 nitrogen and oxygen atoms in total. The molecule has 2 aromatic carbocycles. The number of amides is 1. The van der Waals surface area contributed by atoms with E-state index >= 15 is 0 Å². The van der Waals surface area contributed by atoms with Gasteiger partial charge in [-0.15, -0.1) is 0 Å². The van der Waals surface area contributed by atoms with Crippen LogP contribution in [0.2, 0.25) is 5.02 Å². The molecule has 10 heteroatoms. The molecule has 0 saturated heterocycles. The highest BCUT2D eigenvalue weighted by atomic mass is 35.5. The van der Waals surface area contributed by atoms with Gasteiger partial charge in [0, 0.05) is 17.7 Å². The van der Waals surface area contributed by atoms with Gasteiger partial charge in [-0.05, 0) is 65.6 Å². The summed E-state index contributed by atoms with van der Waals surface area (Å²) in [6.07, 6.45) is -4.70. The average Bonchev–Trinajstić information content (AvgIpc) is 2.80. The second-order valence-corrected chi connectivity index (χ2v) is 12.7. The van der Waals surface area contributed by atoms with Crippen molar-refractivity contribution in [3.05, 3.63) is 68.6 Å². The monoisotopic (exact) mass is 562 g/mol. The fourth-order valence-electron chi connectivity index (χ4n) is 3.66. The predicted octanol–water partition coefficient (Wildman–Crippen LogP) is 6.95. The van der Waals surface area contributed by atoms with Gasteiger partial charge >= 0.3 is 11.9 Å². The van der Waals surface area contributed by atoms with Crippen LogP contribution in [0.4, 0.5) is 13.2 Å². The van der Waals surface area contributed by atoms with Crippen LogP contribution in [0, 0.1) is 5.41 Å². The highest BCUT2D eigenvalue weighted by Crippen LogP contribution is 2.38. The molecule has 210 valence electrons. The van der Waals surface area contributed by atoms with Crippen LogP contribution in [0.3, 0.4) is 0 Å². The molecule has 3 aromatic rings. The van der Waals surface area contributed by atoms with Crippen LogP contribution in [-0.4, -0.2) is 27.0 Å². The number of carbonyl (C=O) groups is 1. The third kappa shape index (κ3) is 6.87. The minimum Gasteiger partial charge on any atom is -0.351 e. The second kappa shape index (κ2) is 10.4. The number of benzene rings is 2. The molecule has 2 N–H and O–H groups in total. The summed E-state index contributed by atoms with van der Waals surface area (Å²) in [4.78, 5) is 36.2. The van der Waals surface area contributed by atoms with E-state index < -0.39 is 23.2 Å². The van der Waals surface area contributed by atoms with Crippen LogP contribution < -0.4 is 11.0 Å². The number of carbonyl (C=O) groups excluding carboxylic acids is 1. The molecule has 0 atom stereocenters. The van der Waals surface area contributed by atoms with Gasteiger partial charge in [0.2, 0.25) is 5.91 Å². The molecule has 3 rings (SSSR count). The molecule has 39 heavy (non-hydrogen) atoms. The Bertz CT molecular complexity index is 1420. The van der Waals surface area contributed by atoms with Gasteiger partial charge in [0.05, 0.1) is 5.02 Å². The SMILES string of the molecule is CC(C)(C)c1cc(-c2nc(-c3cc(CNC(=O)C(C)(C)C(F)(F)F)ccc3Cl)[nH]c(=O)n2)cc(C(C)(C)C)c1. The number of halogens is 4. The minimum atomic E-state index is -4.70. The third-order valence-electron chi connectivity index (χ3n) is 6.59. The van der Waals surface area contributed by atoms with E-state index in [4.69, 9.17) is 11.6 Å². The highest BCUT2D eigenvalue weighted by Gasteiger charge is 2.52. The smallest absolute Gasteiger partial charge is 0.351 e. The molecule has 0 aliphatic rings. The van der Waals surface area contributed by atoms with Gasteiger partial charge in [-0.1, -0.05) is 65.3 Å². The van der Waals surface area contributed by atoms with Crippen LogP contribution >= 0.6 is 11.6 Å². The lowest BCUT2D eigenvalue weighted by Gasteiger charge is -2.26. The van der Waals surface area contributed by atoms with E-state index in [2.05, 4.69) is 67.9 Å². The summed E-state index contributed by atoms with van der Waals surface area (Å²) in [5.41, 5.74) is 0.118. The largest absolute Gasteiger partial charge is 0.402 e. The van der Waals surface area contributed by atoms with Crippen LogP contribution in [-0.2, 0) is 22.2 Å².